The van der Waals surface area contributed by atoms with Crippen molar-refractivity contribution in [3.8, 4) is 11.4 Å². The highest BCUT2D eigenvalue weighted by molar-refractivity contribution is 7.71. The number of rotatable bonds is 3. The molecule has 3 heteroatoms. The van der Waals surface area contributed by atoms with E-state index >= 15 is 0 Å². The van der Waals surface area contributed by atoms with Crippen molar-refractivity contribution < 1.29 is 5.11 Å². The maximum atomic E-state index is 9.94. The van der Waals surface area contributed by atoms with Gasteiger partial charge in [0.1, 0.15) is 0 Å². The molecule has 0 spiro atoms. The van der Waals surface area contributed by atoms with Gasteiger partial charge in [-0.25, -0.2) is 0 Å². The first kappa shape index (κ1) is 12.8. The number of hydrogen-bond donors (Lipinski definition) is 1. The van der Waals surface area contributed by atoms with Gasteiger partial charge < -0.3 is 9.67 Å². The van der Waals surface area contributed by atoms with Crippen LogP contribution in [0, 0.1) is 11.4 Å². The maximum absolute atomic E-state index is 9.94. The van der Waals surface area contributed by atoms with Crippen molar-refractivity contribution >= 4 is 12.2 Å². The Morgan fingerprint density at radius 2 is 1.94 bits per heavy atom. The number of aromatic hydroxyl groups is 1. The lowest BCUT2D eigenvalue weighted by Crippen LogP contribution is -2.03. The van der Waals surface area contributed by atoms with Crippen LogP contribution >= 0.6 is 12.2 Å². The van der Waals surface area contributed by atoms with Crippen molar-refractivity contribution in [1.29, 1.82) is 0 Å². The molecule has 0 saturated carbocycles. The van der Waals surface area contributed by atoms with Gasteiger partial charge in [0.05, 0.1) is 10.2 Å². The lowest BCUT2D eigenvalue weighted by molar-refractivity contribution is 0.462. The fourth-order valence-corrected chi connectivity index (χ4v) is 2.32. The highest BCUT2D eigenvalue weighted by Crippen LogP contribution is 2.24. The summed E-state index contributed by atoms with van der Waals surface area (Å²) >= 11 is 5.07. The summed E-state index contributed by atoms with van der Waals surface area (Å²) in [5.41, 5.74) is 3.18. The maximum Gasteiger partial charge on any atom is 0.153 e. The number of aryl methyl sites for hydroxylation is 1. The van der Waals surface area contributed by atoms with E-state index in [-0.39, 0.29) is 5.75 Å². The van der Waals surface area contributed by atoms with Crippen molar-refractivity contribution in [3.05, 3.63) is 52.3 Å². The molecule has 1 heterocycles. The van der Waals surface area contributed by atoms with E-state index in [4.69, 9.17) is 12.2 Å². The Kier molecular flexibility index (Phi) is 3.82. The monoisotopic (exact) mass is 259 g/mol. The topological polar surface area (TPSA) is 25.2 Å². The summed E-state index contributed by atoms with van der Waals surface area (Å²) in [4.78, 5) is 0. The Bertz CT molecular complexity index is 616. The van der Waals surface area contributed by atoms with Gasteiger partial charge in [-0.1, -0.05) is 43.8 Å². The van der Waals surface area contributed by atoms with Gasteiger partial charge in [0.2, 0.25) is 0 Å². The normalized spacial score (nSPS) is 10.6. The third-order valence-corrected chi connectivity index (χ3v) is 3.41. The van der Waals surface area contributed by atoms with E-state index in [2.05, 4.69) is 19.1 Å². The van der Waals surface area contributed by atoms with Crippen LogP contribution in [-0.4, -0.2) is 9.67 Å². The second kappa shape index (κ2) is 5.36. The summed E-state index contributed by atoms with van der Waals surface area (Å²) in [6, 6.07) is 10.0. The van der Waals surface area contributed by atoms with Gasteiger partial charge in [0.25, 0.3) is 0 Å². The lowest BCUT2D eigenvalue weighted by Gasteiger charge is -2.15. The van der Waals surface area contributed by atoms with Crippen LogP contribution in [0.2, 0.25) is 0 Å². The van der Waals surface area contributed by atoms with Gasteiger partial charge in [0.15, 0.2) is 5.75 Å². The Morgan fingerprint density at radius 3 is 2.67 bits per heavy atom. The van der Waals surface area contributed by atoms with Crippen molar-refractivity contribution in [3.63, 3.8) is 0 Å². The standard InChI is InChI=1S/C15H17NOS/c1-3-6-12-7-4-5-8-13(12)16-10-9-14(18)15(17)11(16)2/h4-5,7-10,17H,3,6H2,1-2H3. The van der Waals surface area contributed by atoms with E-state index in [1.54, 1.807) is 6.07 Å². The van der Waals surface area contributed by atoms with Gasteiger partial charge in [-0.2, -0.15) is 0 Å². The molecule has 2 aromatic rings. The summed E-state index contributed by atoms with van der Waals surface area (Å²) < 4.78 is 2.49. The molecule has 1 aromatic carbocycles. The van der Waals surface area contributed by atoms with Gasteiger partial charge in [0, 0.05) is 11.9 Å². The molecule has 0 aliphatic rings. The van der Waals surface area contributed by atoms with E-state index in [9.17, 15) is 5.11 Å². The fraction of sp³-hybridized carbons (Fsp3) is 0.267. The molecule has 0 aliphatic carbocycles. The van der Waals surface area contributed by atoms with E-state index in [1.807, 2.05) is 29.8 Å². The number of nitrogens with zero attached hydrogens (tertiary/aromatic N) is 1. The first-order chi connectivity index (χ1) is 8.65. The third kappa shape index (κ3) is 2.31. The minimum absolute atomic E-state index is 0.193. The van der Waals surface area contributed by atoms with Crippen LogP contribution in [0.5, 0.6) is 5.75 Å². The van der Waals surface area contributed by atoms with Gasteiger partial charge in [-0.05, 0) is 31.0 Å². The smallest absolute Gasteiger partial charge is 0.153 e. The number of aromatic nitrogens is 1. The molecule has 18 heavy (non-hydrogen) atoms. The Balaban J connectivity index is 2.62. The van der Waals surface area contributed by atoms with Crippen molar-refractivity contribution in [2.45, 2.75) is 26.7 Å². The first-order valence-corrected chi connectivity index (χ1v) is 6.55. The van der Waals surface area contributed by atoms with E-state index in [1.165, 1.54) is 5.56 Å². The van der Waals surface area contributed by atoms with Crippen LogP contribution in [0.25, 0.3) is 5.69 Å². The molecule has 0 bridgehead atoms. The quantitative estimate of drug-likeness (QED) is 0.837. The second-order valence-electron chi connectivity index (χ2n) is 4.36. The van der Waals surface area contributed by atoms with Gasteiger partial charge in [-0.15, -0.1) is 0 Å². The van der Waals surface area contributed by atoms with Crippen molar-refractivity contribution in [2.24, 2.45) is 0 Å². The fourth-order valence-electron chi connectivity index (χ4n) is 2.11. The molecule has 0 fully saturated rings. The van der Waals surface area contributed by atoms with Crippen LogP contribution in [-0.2, 0) is 6.42 Å². The molecule has 0 aliphatic heterocycles. The van der Waals surface area contributed by atoms with E-state index < -0.39 is 0 Å². The van der Waals surface area contributed by atoms with Crippen LogP contribution < -0.4 is 0 Å². The van der Waals surface area contributed by atoms with Crippen molar-refractivity contribution in [2.75, 3.05) is 0 Å². The molecule has 94 valence electrons. The Morgan fingerprint density at radius 1 is 1.22 bits per heavy atom. The van der Waals surface area contributed by atoms with E-state index in [0.29, 0.717) is 4.51 Å². The molecule has 0 amide bonds. The number of benzene rings is 1. The zero-order valence-corrected chi connectivity index (χ0v) is 11.5. The van der Waals surface area contributed by atoms with Crippen LogP contribution in [0.4, 0.5) is 0 Å². The summed E-state index contributed by atoms with van der Waals surface area (Å²) in [7, 11) is 0. The summed E-state index contributed by atoms with van der Waals surface area (Å²) in [6.45, 7) is 4.05. The lowest BCUT2D eigenvalue weighted by atomic mass is 10.1. The first-order valence-electron chi connectivity index (χ1n) is 6.14. The summed E-state index contributed by atoms with van der Waals surface area (Å²) in [5, 5.41) is 9.94. The average Bonchev–Trinajstić information content (AvgIpc) is 2.38. The summed E-state index contributed by atoms with van der Waals surface area (Å²) in [5.74, 6) is 0.193. The molecular formula is C15H17NOS. The Hall–Kier alpha value is -1.61. The average molecular weight is 259 g/mol. The minimum Gasteiger partial charge on any atom is -0.505 e. The predicted octanol–water partition coefficient (Wildman–Crippen LogP) is 4.17. The molecule has 1 N–H and O–H groups in total. The second-order valence-corrected chi connectivity index (χ2v) is 4.80. The molecule has 0 saturated heterocycles. The zero-order valence-electron chi connectivity index (χ0n) is 10.7. The number of para-hydroxylation sites is 1. The molecule has 0 atom stereocenters. The Labute approximate surface area is 113 Å². The molecule has 2 rings (SSSR count). The van der Waals surface area contributed by atoms with Crippen molar-refractivity contribution in [1.82, 2.24) is 4.57 Å². The minimum atomic E-state index is 0.193. The van der Waals surface area contributed by atoms with Crippen LogP contribution in [0.15, 0.2) is 36.5 Å². The molecular weight excluding hydrogens is 242 g/mol. The summed E-state index contributed by atoms with van der Waals surface area (Å²) in [6.07, 6.45) is 4.05. The number of pyridine rings is 1. The van der Waals surface area contributed by atoms with E-state index in [0.717, 1.165) is 24.2 Å². The molecule has 1 aromatic heterocycles. The predicted molar refractivity (Wildman–Crippen MR) is 77.0 cm³/mol. The molecule has 0 radical (unpaired) electrons. The largest absolute Gasteiger partial charge is 0.505 e. The van der Waals surface area contributed by atoms with Gasteiger partial charge >= 0.3 is 0 Å². The zero-order chi connectivity index (χ0) is 13.1. The van der Waals surface area contributed by atoms with Gasteiger partial charge in [-0.3, -0.25) is 0 Å². The SMILES string of the molecule is CCCc1ccccc1-n1ccc(=S)c(O)c1C. The molecule has 2 nitrogen and oxygen atoms in total. The number of hydrogen-bond acceptors (Lipinski definition) is 2. The van der Waals surface area contributed by atoms with Crippen LogP contribution in [0.3, 0.4) is 0 Å². The highest BCUT2D eigenvalue weighted by atomic mass is 32.1. The van der Waals surface area contributed by atoms with Crippen LogP contribution in [0.1, 0.15) is 24.6 Å². The highest BCUT2D eigenvalue weighted by Gasteiger charge is 2.08. The third-order valence-electron chi connectivity index (χ3n) is 3.08. The molecule has 0 unspecified atom stereocenters.